The van der Waals surface area contributed by atoms with Crippen LogP contribution in [-0.2, 0) is 20.7 Å². The number of hydrogen-bond donors (Lipinski definition) is 1. The van der Waals surface area contributed by atoms with E-state index in [9.17, 15) is 9.59 Å². The molecule has 0 saturated heterocycles. The third kappa shape index (κ3) is 4.98. The average Bonchev–Trinajstić information content (AvgIpc) is 2.91. The lowest BCUT2D eigenvalue weighted by Gasteiger charge is -2.15. The van der Waals surface area contributed by atoms with Crippen LogP contribution < -0.4 is 10.1 Å². The highest BCUT2D eigenvalue weighted by Gasteiger charge is 2.20. The molecule has 26 heavy (non-hydrogen) atoms. The fraction of sp³-hybridized carbons (Fsp3) is 0.389. The Labute approximate surface area is 156 Å². The Morgan fingerprint density at radius 3 is 2.69 bits per heavy atom. The number of hydrogen-bond acceptors (Lipinski definition) is 6. The molecular weight excluding hydrogens is 360 g/mol. The van der Waals surface area contributed by atoms with E-state index in [1.54, 1.807) is 25.1 Å². The number of aryl methyl sites for hydroxylation is 2. The first-order valence-corrected chi connectivity index (χ1v) is 8.45. The number of rotatable bonds is 7. The van der Waals surface area contributed by atoms with Crippen molar-refractivity contribution in [2.24, 2.45) is 0 Å². The molecule has 1 atom stereocenters. The van der Waals surface area contributed by atoms with Gasteiger partial charge in [-0.25, -0.2) is 0 Å². The summed E-state index contributed by atoms with van der Waals surface area (Å²) in [4.78, 5) is 24.3. The molecule has 1 aromatic heterocycles. The van der Waals surface area contributed by atoms with Gasteiger partial charge in [0, 0.05) is 17.0 Å². The number of methoxy groups -OCH3 is 1. The van der Waals surface area contributed by atoms with E-state index in [-0.39, 0.29) is 6.42 Å². The molecule has 7 nitrogen and oxygen atoms in total. The quantitative estimate of drug-likeness (QED) is 0.740. The van der Waals surface area contributed by atoms with E-state index in [1.807, 2.05) is 6.92 Å². The highest BCUT2D eigenvalue weighted by atomic mass is 35.5. The zero-order valence-corrected chi connectivity index (χ0v) is 15.8. The molecule has 0 unspecified atom stereocenters. The van der Waals surface area contributed by atoms with Crippen molar-refractivity contribution in [3.8, 4) is 5.75 Å². The number of carbonyl (C=O) groups excluding carboxylic acids is 2. The lowest BCUT2D eigenvalue weighted by atomic mass is 10.1. The van der Waals surface area contributed by atoms with Crippen LogP contribution in [0.15, 0.2) is 22.7 Å². The summed E-state index contributed by atoms with van der Waals surface area (Å²) in [6, 6.07) is 4.84. The van der Waals surface area contributed by atoms with Gasteiger partial charge in [0.15, 0.2) is 6.10 Å². The molecule has 0 aliphatic carbocycles. The summed E-state index contributed by atoms with van der Waals surface area (Å²) < 4.78 is 15.4. The normalized spacial score (nSPS) is 11.7. The molecule has 0 radical (unpaired) electrons. The van der Waals surface area contributed by atoms with Gasteiger partial charge in [0.25, 0.3) is 5.91 Å². The minimum atomic E-state index is -0.962. The number of amides is 1. The molecule has 0 spiro atoms. The average molecular weight is 381 g/mol. The molecule has 8 heteroatoms. The number of nitrogens with one attached hydrogen (secondary N) is 1. The zero-order chi connectivity index (χ0) is 19.3. The molecule has 0 aliphatic rings. The van der Waals surface area contributed by atoms with Crippen molar-refractivity contribution in [2.45, 2.75) is 39.7 Å². The van der Waals surface area contributed by atoms with E-state index < -0.39 is 18.0 Å². The monoisotopic (exact) mass is 380 g/mol. The third-order valence-electron chi connectivity index (χ3n) is 3.86. The summed E-state index contributed by atoms with van der Waals surface area (Å²) in [5.74, 6) is 0.177. The topological polar surface area (TPSA) is 90.7 Å². The maximum absolute atomic E-state index is 12.3. The van der Waals surface area contributed by atoms with Crippen LogP contribution in [0.2, 0.25) is 5.02 Å². The Morgan fingerprint density at radius 1 is 1.35 bits per heavy atom. The molecule has 1 N–H and O–H groups in total. The van der Waals surface area contributed by atoms with E-state index in [4.69, 9.17) is 25.6 Å². The van der Waals surface area contributed by atoms with Crippen LogP contribution in [0.25, 0.3) is 0 Å². The zero-order valence-electron chi connectivity index (χ0n) is 15.1. The molecule has 0 bridgehead atoms. The Bertz CT molecular complexity index is 783. The van der Waals surface area contributed by atoms with Crippen molar-refractivity contribution >= 4 is 29.2 Å². The van der Waals surface area contributed by atoms with Crippen LogP contribution in [0.1, 0.15) is 30.4 Å². The maximum atomic E-state index is 12.3. The predicted molar refractivity (Wildman–Crippen MR) is 96.5 cm³/mol. The van der Waals surface area contributed by atoms with Gasteiger partial charge < -0.3 is 19.3 Å². The van der Waals surface area contributed by atoms with Crippen molar-refractivity contribution in [1.29, 1.82) is 0 Å². The van der Waals surface area contributed by atoms with E-state index in [0.29, 0.717) is 28.6 Å². The van der Waals surface area contributed by atoms with Gasteiger partial charge in [-0.3, -0.25) is 9.59 Å². The maximum Gasteiger partial charge on any atom is 0.306 e. The van der Waals surface area contributed by atoms with E-state index in [0.717, 1.165) is 11.3 Å². The van der Waals surface area contributed by atoms with Crippen LogP contribution >= 0.6 is 11.6 Å². The summed E-state index contributed by atoms with van der Waals surface area (Å²) in [7, 11) is 1.48. The van der Waals surface area contributed by atoms with E-state index in [1.165, 1.54) is 14.0 Å². The Hall–Kier alpha value is -2.54. The molecular formula is C18H21ClN2O5. The Balaban J connectivity index is 1.90. The number of nitrogens with zero attached hydrogens (tertiary/aromatic N) is 1. The molecule has 1 amide bonds. The first-order chi connectivity index (χ1) is 12.3. The molecule has 0 saturated carbocycles. The van der Waals surface area contributed by atoms with Crippen LogP contribution in [0.3, 0.4) is 0 Å². The van der Waals surface area contributed by atoms with Crippen LogP contribution in [0.5, 0.6) is 5.75 Å². The van der Waals surface area contributed by atoms with Crippen LogP contribution in [0, 0.1) is 13.8 Å². The Kier molecular flexibility index (Phi) is 6.63. The third-order valence-corrected chi connectivity index (χ3v) is 4.09. The van der Waals surface area contributed by atoms with Gasteiger partial charge in [-0.05, 0) is 45.4 Å². The second kappa shape index (κ2) is 8.71. The van der Waals surface area contributed by atoms with Crippen molar-refractivity contribution in [1.82, 2.24) is 5.16 Å². The molecule has 2 aromatic rings. The fourth-order valence-electron chi connectivity index (χ4n) is 2.41. The number of esters is 1. The van der Waals surface area contributed by atoms with Gasteiger partial charge in [0.1, 0.15) is 11.5 Å². The summed E-state index contributed by atoms with van der Waals surface area (Å²) in [6.45, 7) is 5.10. The molecule has 140 valence electrons. The van der Waals surface area contributed by atoms with Crippen molar-refractivity contribution in [3.05, 3.63) is 40.2 Å². The summed E-state index contributed by atoms with van der Waals surface area (Å²) in [5.41, 5.74) is 2.03. The number of aromatic nitrogens is 1. The standard InChI is InChI=1S/C18H21ClN2O5/c1-10-14(11(2)26-21-10)6-8-17(22)25-12(3)18(23)20-15-9-13(19)5-7-16(15)24-4/h5,7,9,12H,6,8H2,1-4H3,(H,20,23)/t12-/m0/s1. The van der Waals surface area contributed by atoms with Gasteiger partial charge in [-0.1, -0.05) is 16.8 Å². The highest BCUT2D eigenvalue weighted by molar-refractivity contribution is 6.31. The molecule has 1 heterocycles. The molecule has 2 rings (SSSR count). The van der Waals surface area contributed by atoms with Crippen LogP contribution in [0.4, 0.5) is 5.69 Å². The SMILES string of the molecule is COc1ccc(Cl)cc1NC(=O)[C@H](C)OC(=O)CCc1c(C)noc1C. The van der Waals surface area contributed by atoms with Crippen molar-refractivity contribution in [3.63, 3.8) is 0 Å². The minimum Gasteiger partial charge on any atom is -0.495 e. The second-order valence-electron chi connectivity index (χ2n) is 5.77. The number of halogens is 1. The van der Waals surface area contributed by atoms with E-state index >= 15 is 0 Å². The lowest BCUT2D eigenvalue weighted by Crippen LogP contribution is -2.30. The fourth-order valence-corrected chi connectivity index (χ4v) is 2.58. The van der Waals surface area contributed by atoms with Crippen molar-refractivity contribution in [2.75, 3.05) is 12.4 Å². The summed E-state index contributed by atoms with van der Waals surface area (Å²) >= 11 is 5.93. The number of anilines is 1. The van der Waals surface area contributed by atoms with Gasteiger partial charge in [0.05, 0.1) is 18.5 Å². The first-order valence-electron chi connectivity index (χ1n) is 8.07. The summed E-state index contributed by atoms with van der Waals surface area (Å²) in [6.07, 6.45) is -0.395. The van der Waals surface area contributed by atoms with Gasteiger partial charge in [-0.15, -0.1) is 0 Å². The highest BCUT2D eigenvalue weighted by Crippen LogP contribution is 2.27. The summed E-state index contributed by atoms with van der Waals surface area (Å²) in [5, 5.41) is 6.93. The Morgan fingerprint density at radius 2 is 2.08 bits per heavy atom. The number of carbonyl (C=O) groups is 2. The second-order valence-corrected chi connectivity index (χ2v) is 6.21. The molecule has 1 aromatic carbocycles. The molecule has 0 fully saturated rings. The minimum absolute atomic E-state index is 0.126. The number of ether oxygens (including phenoxy) is 2. The van der Waals surface area contributed by atoms with Crippen molar-refractivity contribution < 1.29 is 23.6 Å². The van der Waals surface area contributed by atoms with E-state index in [2.05, 4.69) is 10.5 Å². The lowest BCUT2D eigenvalue weighted by molar-refractivity contribution is -0.153. The molecule has 0 aliphatic heterocycles. The van der Waals surface area contributed by atoms with Gasteiger partial charge in [-0.2, -0.15) is 0 Å². The van der Waals surface area contributed by atoms with Crippen LogP contribution in [-0.4, -0.2) is 30.2 Å². The number of benzene rings is 1. The predicted octanol–water partition coefficient (Wildman–Crippen LogP) is 3.46. The first kappa shape index (κ1) is 19.8. The van der Waals surface area contributed by atoms with Gasteiger partial charge in [0.2, 0.25) is 0 Å². The smallest absolute Gasteiger partial charge is 0.306 e. The van der Waals surface area contributed by atoms with Gasteiger partial charge >= 0.3 is 5.97 Å². The largest absolute Gasteiger partial charge is 0.495 e.